The predicted molar refractivity (Wildman–Crippen MR) is 112 cm³/mol. The van der Waals surface area contributed by atoms with Crippen LogP contribution in [0.2, 0.25) is 0 Å². The van der Waals surface area contributed by atoms with Crippen molar-refractivity contribution in [3.63, 3.8) is 0 Å². The summed E-state index contributed by atoms with van der Waals surface area (Å²) in [5.41, 5.74) is 3.21. The third-order valence-electron chi connectivity index (χ3n) is 4.42. The van der Waals surface area contributed by atoms with Gasteiger partial charge in [-0.15, -0.1) is 0 Å². The van der Waals surface area contributed by atoms with Crippen LogP contribution in [0.3, 0.4) is 0 Å². The number of aromatic hydroxyl groups is 1. The number of hydrazone groups is 1. The highest BCUT2D eigenvalue weighted by Gasteiger charge is 2.16. The summed E-state index contributed by atoms with van der Waals surface area (Å²) in [6, 6.07) is 9.77. The number of ether oxygens (including phenoxy) is 2. The average molecular weight is 415 g/mol. The Balaban J connectivity index is 1.96. The number of phenols is 1. The van der Waals surface area contributed by atoms with Crippen LogP contribution in [-0.2, 0) is 4.79 Å². The number of phenolic OH excluding ortho intramolecular Hbond substituents is 1. The number of rotatable bonds is 10. The Morgan fingerprint density at radius 1 is 1.27 bits per heavy atom. The van der Waals surface area contributed by atoms with Gasteiger partial charge in [-0.1, -0.05) is 26.0 Å². The van der Waals surface area contributed by atoms with Gasteiger partial charge in [0.1, 0.15) is 5.75 Å². The number of non-ortho nitro benzene ring substituents is 1. The third-order valence-corrected chi connectivity index (χ3v) is 4.42. The van der Waals surface area contributed by atoms with Crippen molar-refractivity contribution in [2.75, 3.05) is 13.2 Å². The SMILES string of the molecule is CCOc1cc([N+](=O)[O-])cc(/C=N/NC(=O)COc2ccc([C@H](C)CC)cc2)c1O. The predicted octanol–water partition coefficient (Wildman–Crippen LogP) is 3.74. The van der Waals surface area contributed by atoms with Crippen LogP contribution < -0.4 is 14.9 Å². The van der Waals surface area contributed by atoms with Crippen molar-refractivity contribution in [1.29, 1.82) is 0 Å². The molecular formula is C21H25N3O6. The zero-order valence-corrected chi connectivity index (χ0v) is 17.1. The number of nitrogens with one attached hydrogen (secondary N) is 1. The van der Waals surface area contributed by atoms with Crippen LogP contribution in [0.25, 0.3) is 0 Å². The van der Waals surface area contributed by atoms with Crippen molar-refractivity contribution in [2.45, 2.75) is 33.1 Å². The molecule has 1 amide bonds. The number of benzene rings is 2. The van der Waals surface area contributed by atoms with Crippen LogP contribution in [0, 0.1) is 10.1 Å². The van der Waals surface area contributed by atoms with Crippen molar-refractivity contribution in [1.82, 2.24) is 5.43 Å². The summed E-state index contributed by atoms with van der Waals surface area (Å²) in [6.07, 6.45) is 2.14. The second-order valence-corrected chi connectivity index (χ2v) is 6.53. The molecule has 0 heterocycles. The second-order valence-electron chi connectivity index (χ2n) is 6.53. The van der Waals surface area contributed by atoms with E-state index in [4.69, 9.17) is 9.47 Å². The normalized spacial score (nSPS) is 11.8. The Bertz CT molecular complexity index is 912. The summed E-state index contributed by atoms with van der Waals surface area (Å²) >= 11 is 0. The zero-order valence-electron chi connectivity index (χ0n) is 17.1. The highest BCUT2D eigenvalue weighted by molar-refractivity contribution is 5.87. The van der Waals surface area contributed by atoms with Crippen molar-refractivity contribution < 1.29 is 24.3 Å². The first-order valence-electron chi connectivity index (χ1n) is 9.54. The van der Waals surface area contributed by atoms with Crippen molar-refractivity contribution in [2.24, 2.45) is 5.10 Å². The van der Waals surface area contributed by atoms with Crippen LogP contribution in [0.4, 0.5) is 5.69 Å². The van der Waals surface area contributed by atoms with Gasteiger partial charge in [0.05, 0.1) is 23.8 Å². The fourth-order valence-corrected chi connectivity index (χ4v) is 2.57. The Morgan fingerprint density at radius 3 is 2.57 bits per heavy atom. The molecule has 160 valence electrons. The van der Waals surface area contributed by atoms with Gasteiger partial charge in [-0.2, -0.15) is 5.10 Å². The van der Waals surface area contributed by atoms with Gasteiger partial charge in [-0.05, 0) is 37.0 Å². The summed E-state index contributed by atoms with van der Waals surface area (Å²) < 4.78 is 10.6. The maximum atomic E-state index is 11.9. The number of nitrogens with zero attached hydrogens (tertiary/aromatic N) is 2. The van der Waals surface area contributed by atoms with Gasteiger partial charge in [0.2, 0.25) is 0 Å². The number of nitro groups is 1. The highest BCUT2D eigenvalue weighted by Crippen LogP contribution is 2.33. The quantitative estimate of drug-likeness (QED) is 0.346. The fraction of sp³-hybridized carbons (Fsp3) is 0.333. The Kier molecular flexibility index (Phi) is 8.16. The lowest BCUT2D eigenvalue weighted by Gasteiger charge is -2.10. The van der Waals surface area contributed by atoms with Crippen LogP contribution >= 0.6 is 0 Å². The van der Waals surface area contributed by atoms with E-state index in [2.05, 4.69) is 24.4 Å². The molecule has 9 nitrogen and oxygen atoms in total. The Morgan fingerprint density at radius 2 is 1.97 bits per heavy atom. The molecule has 0 unspecified atom stereocenters. The molecule has 0 fully saturated rings. The number of carbonyl (C=O) groups is 1. The zero-order chi connectivity index (χ0) is 22.1. The van der Waals surface area contributed by atoms with E-state index in [0.717, 1.165) is 24.8 Å². The molecule has 0 aliphatic rings. The summed E-state index contributed by atoms with van der Waals surface area (Å²) in [4.78, 5) is 22.3. The van der Waals surface area contributed by atoms with E-state index in [-0.39, 0.29) is 36.0 Å². The maximum Gasteiger partial charge on any atom is 0.277 e. The Hall–Kier alpha value is -3.62. The molecule has 2 aromatic carbocycles. The number of carbonyl (C=O) groups excluding carboxylic acids is 1. The van der Waals surface area contributed by atoms with Crippen molar-refractivity contribution >= 4 is 17.8 Å². The van der Waals surface area contributed by atoms with E-state index in [1.54, 1.807) is 19.1 Å². The van der Waals surface area contributed by atoms with Gasteiger partial charge in [0, 0.05) is 11.6 Å². The number of hydrogen-bond acceptors (Lipinski definition) is 7. The summed E-state index contributed by atoms with van der Waals surface area (Å²) in [7, 11) is 0. The van der Waals surface area contributed by atoms with E-state index >= 15 is 0 Å². The first-order chi connectivity index (χ1) is 14.3. The molecule has 0 aliphatic heterocycles. The van der Waals surface area contributed by atoms with Gasteiger partial charge in [-0.25, -0.2) is 5.43 Å². The minimum Gasteiger partial charge on any atom is -0.504 e. The molecule has 30 heavy (non-hydrogen) atoms. The molecule has 0 saturated carbocycles. The van der Waals surface area contributed by atoms with E-state index in [9.17, 15) is 20.0 Å². The second kappa shape index (κ2) is 10.8. The van der Waals surface area contributed by atoms with Crippen LogP contribution in [0.15, 0.2) is 41.5 Å². The summed E-state index contributed by atoms with van der Waals surface area (Å²) in [5, 5.41) is 24.9. The maximum absolute atomic E-state index is 11.9. The lowest BCUT2D eigenvalue weighted by atomic mass is 9.99. The molecule has 9 heteroatoms. The van der Waals surface area contributed by atoms with E-state index in [0.29, 0.717) is 11.7 Å². The molecule has 0 aromatic heterocycles. The monoisotopic (exact) mass is 415 g/mol. The molecule has 0 bridgehead atoms. The topological polar surface area (TPSA) is 123 Å². The molecule has 0 saturated heterocycles. The fourth-order valence-electron chi connectivity index (χ4n) is 2.57. The highest BCUT2D eigenvalue weighted by atomic mass is 16.6. The lowest BCUT2D eigenvalue weighted by molar-refractivity contribution is -0.385. The number of amides is 1. The Labute approximate surface area is 174 Å². The van der Waals surface area contributed by atoms with Gasteiger partial charge >= 0.3 is 0 Å². The minimum atomic E-state index is -0.613. The first kappa shape index (κ1) is 22.7. The van der Waals surface area contributed by atoms with Crippen molar-refractivity contribution in [3.05, 3.63) is 57.6 Å². The first-order valence-corrected chi connectivity index (χ1v) is 9.54. The summed E-state index contributed by atoms with van der Waals surface area (Å²) in [6.45, 7) is 5.90. The standard InChI is InChI=1S/C21H25N3O6/c1-4-14(3)15-6-8-18(9-7-15)30-13-20(25)23-22-12-16-10-17(24(27)28)11-19(21(16)26)29-5-2/h6-12,14,26H,4-5,13H2,1-3H3,(H,23,25)/b22-12+/t14-/m1/s1. The third kappa shape index (κ3) is 6.20. The smallest absolute Gasteiger partial charge is 0.277 e. The summed E-state index contributed by atoms with van der Waals surface area (Å²) in [5.74, 6) is 0.137. The lowest BCUT2D eigenvalue weighted by Crippen LogP contribution is -2.24. The van der Waals surface area contributed by atoms with Crippen molar-refractivity contribution in [3.8, 4) is 17.2 Å². The molecule has 2 rings (SSSR count). The molecule has 0 radical (unpaired) electrons. The van der Waals surface area contributed by atoms with Crippen LogP contribution in [0.5, 0.6) is 17.2 Å². The molecule has 2 N–H and O–H groups in total. The van der Waals surface area contributed by atoms with Gasteiger partial charge in [-0.3, -0.25) is 14.9 Å². The molecule has 0 spiro atoms. The molecule has 1 atom stereocenters. The number of nitro benzene ring substituents is 1. The van der Waals surface area contributed by atoms with Gasteiger partial charge in [0.15, 0.2) is 18.1 Å². The van der Waals surface area contributed by atoms with Gasteiger partial charge in [0.25, 0.3) is 11.6 Å². The molecule has 0 aliphatic carbocycles. The van der Waals surface area contributed by atoms with E-state index in [1.807, 2.05) is 12.1 Å². The van der Waals surface area contributed by atoms with Gasteiger partial charge < -0.3 is 14.6 Å². The minimum absolute atomic E-state index is 0.0366. The van der Waals surface area contributed by atoms with Crippen LogP contribution in [0.1, 0.15) is 44.2 Å². The average Bonchev–Trinajstić information content (AvgIpc) is 2.74. The van der Waals surface area contributed by atoms with E-state index in [1.165, 1.54) is 5.56 Å². The van der Waals surface area contributed by atoms with Crippen LogP contribution in [-0.4, -0.2) is 35.4 Å². The molecular weight excluding hydrogens is 390 g/mol. The van der Waals surface area contributed by atoms with E-state index < -0.39 is 10.8 Å². The largest absolute Gasteiger partial charge is 0.504 e. The molecule has 2 aromatic rings. The number of hydrogen-bond donors (Lipinski definition) is 2.